The average molecular weight is 387 g/mol. The third kappa shape index (κ3) is 4.97. The van der Waals surface area contributed by atoms with Crippen molar-refractivity contribution in [1.29, 1.82) is 0 Å². The molecule has 23 heavy (non-hydrogen) atoms. The molecule has 2 heterocycles. The zero-order valence-corrected chi connectivity index (χ0v) is 14.8. The predicted molar refractivity (Wildman–Crippen MR) is 94.2 cm³/mol. The third-order valence-corrected chi connectivity index (χ3v) is 4.87. The number of hydrogen-bond donors (Lipinski definition) is 1. The summed E-state index contributed by atoms with van der Waals surface area (Å²) in [5.41, 5.74) is 0.815. The summed E-state index contributed by atoms with van der Waals surface area (Å²) in [4.78, 5) is 1.96. The molecule has 1 aromatic carbocycles. The highest BCUT2D eigenvalue weighted by Gasteiger charge is 2.36. The fourth-order valence-electron chi connectivity index (χ4n) is 2.91. The first kappa shape index (κ1) is 20.5. The van der Waals surface area contributed by atoms with Crippen LogP contribution in [0.25, 0.3) is 10.1 Å². The van der Waals surface area contributed by atoms with Gasteiger partial charge in [0.1, 0.15) is 0 Å². The predicted octanol–water partition coefficient (Wildman–Crippen LogP) is 4.64. The topological polar surface area (TPSA) is 15.3 Å². The molecule has 0 aliphatic carbocycles. The van der Waals surface area contributed by atoms with Crippen molar-refractivity contribution in [3.63, 3.8) is 0 Å². The molecule has 1 fully saturated rings. The summed E-state index contributed by atoms with van der Waals surface area (Å²) in [6.07, 6.45) is -4.94. The summed E-state index contributed by atoms with van der Waals surface area (Å²) in [7, 11) is 0. The summed E-state index contributed by atoms with van der Waals surface area (Å²) in [6.45, 7) is 2.81. The van der Waals surface area contributed by atoms with Crippen molar-refractivity contribution >= 4 is 46.2 Å². The molecule has 8 heteroatoms. The highest BCUT2D eigenvalue weighted by atomic mass is 35.5. The first-order valence-electron chi connectivity index (χ1n) is 7.02. The van der Waals surface area contributed by atoms with E-state index in [0.29, 0.717) is 13.1 Å². The van der Waals surface area contributed by atoms with Crippen molar-refractivity contribution in [3.05, 3.63) is 35.2 Å². The van der Waals surface area contributed by atoms with E-state index in [1.807, 2.05) is 34.5 Å². The highest BCUT2D eigenvalue weighted by Crippen LogP contribution is 2.39. The Morgan fingerprint density at radius 1 is 1.13 bits per heavy atom. The molecule has 0 bridgehead atoms. The van der Waals surface area contributed by atoms with Gasteiger partial charge >= 0.3 is 6.18 Å². The quantitative estimate of drug-likeness (QED) is 0.825. The standard InChI is InChI=1S/C15H17F3N2S.2ClH/c16-15(17,18)9-13(20-7-5-19-6-8-20)12-10-21-14-4-2-1-3-11(12)14;;/h1-4,10,13,19H,5-9H2;2*1H/t13-;;/m1../s1. The molecule has 1 aromatic heterocycles. The number of alkyl halides is 3. The van der Waals surface area contributed by atoms with Crippen LogP contribution < -0.4 is 5.32 Å². The Morgan fingerprint density at radius 3 is 2.43 bits per heavy atom. The van der Waals surface area contributed by atoms with Gasteiger partial charge in [-0.2, -0.15) is 13.2 Å². The summed E-state index contributed by atoms with van der Waals surface area (Å²) >= 11 is 1.52. The Bertz CT molecular complexity index is 612. The lowest BCUT2D eigenvalue weighted by atomic mass is 10.00. The van der Waals surface area contributed by atoms with Crippen molar-refractivity contribution < 1.29 is 13.2 Å². The molecule has 1 atom stereocenters. The average Bonchev–Trinajstić information content (AvgIpc) is 2.89. The summed E-state index contributed by atoms with van der Waals surface area (Å²) in [5.74, 6) is 0. The first-order chi connectivity index (χ1) is 10.0. The monoisotopic (exact) mass is 386 g/mol. The first-order valence-corrected chi connectivity index (χ1v) is 7.90. The lowest BCUT2D eigenvalue weighted by molar-refractivity contribution is -0.148. The van der Waals surface area contributed by atoms with E-state index in [9.17, 15) is 13.2 Å². The summed E-state index contributed by atoms with van der Waals surface area (Å²) in [5, 5.41) is 6.04. The van der Waals surface area contributed by atoms with Gasteiger partial charge in [-0.05, 0) is 22.4 Å². The Hall–Kier alpha value is -0.530. The van der Waals surface area contributed by atoms with Gasteiger partial charge in [0.25, 0.3) is 0 Å². The van der Waals surface area contributed by atoms with Gasteiger partial charge in [0, 0.05) is 36.9 Å². The second kappa shape index (κ2) is 8.53. The van der Waals surface area contributed by atoms with Crippen LogP contribution in [0.2, 0.25) is 0 Å². The molecule has 0 unspecified atom stereocenters. The zero-order valence-electron chi connectivity index (χ0n) is 12.3. The van der Waals surface area contributed by atoms with Gasteiger partial charge in [-0.3, -0.25) is 4.90 Å². The summed E-state index contributed by atoms with van der Waals surface area (Å²) < 4.78 is 40.1. The number of nitrogens with one attached hydrogen (secondary N) is 1. The van der Waals surface area contributed by atoms with Crippen LogP contribution in [0.1, 0.15) is 18.0 Å². The van der Waals surface area contributed by atoms with Crippen molar-refractivity contribution in [3.8, 4) is 0 Å². The van der Waals surface area contributed by atoms with Gasteiger partial charge in [0.2, 0.25) is 0 Å². The molecule has 3 rings (SSSR count). The molecule has 0 radical (unpaired) electrons. The fourth-order valence-corrected chi connectivity index (χ4v) is 3.91. The van der Waals surface area contributed by atoms with Gasteiger partial charge in [0.05, 0.1) is 6.42 Å². The van der Waals surface area contributed by atoms with Gasteiger partial charge in [0.15, 0.2) is 0 Å². The fraction of sp³-hybridized carbons (Fsp3) is 0.467. The van der Waals surface area contributed by atoms with E-state index >= 15 is 0 Å². The minimum atomic E-state index is -4.15. The zero-order chi connectivity index (χ0) is 14.9. The lowest BCUT2D eigenvalue weighted by Gasteiger charge is -2.35. The van der Waals surface area contributed by atoms with E-state index in [-0.39, 0.29) is 24.8 Å². The normalized spacial score (nSPS) is 17.3. The molecule has 2 nitrogen and oxygen atoms in total. The van der Waals surface area contributed by atoms with Crippen LogP contribution in [0, 0.1) is 0 Å². The van der Waals surface area contributed by atoms with Crippen molar-refractivity contribution in [2.24, 2.45) is 0 Å². The molecule has 1 saturated heterocycles. The Labute approximate surface area is 149 Å². The van der Waals surface area contributed by atoms with Crippen LogP contribution in [0.3, 0.4) is 0 Å². The number of fused-ring (bicyclic) bond motifs is 1. The number of rotatable bonds is 3. The van der Waals surface area contributed by atoms with E-state index in [4.69, 9.17) is 0 Å². The lowest BCUT2D eigenvalue weighted by Crippen LogP contribution is -2.46. The minimum absolute atomic E-state index is 0. The van der Waals surface area contributed by atoms with Gasteiger partial charge in [-0.1, -0.05) is 18.2 Å². The highest BCUT2D eigenvalue weighted by molar-refractivity contribution is 7.17. The number of benzene rings is 1. The van der Waals surface area contributed by atoms with Crippen molar-refractivity contribution in [2.45, 2.75) is 18.6 Å². The maximum absolute atomic E-state index is 13.0. The van der Waals surface area contributed by atoms with Crippen molar-refractivity contribution in [1.82, 2.24) is 10.2 Å². The SMILES string of the molecule is Cl.Cl.FC(F)(F)C[C@H](c1csc2ccccc12)N1CCNCC1. The smallest absolute Gasteiger partial charge is 0.314 e. The number of piperazine rings is 1. The molecule has 0 spiro atoms. The molecule has 1 N–H and O–H groups in total. The Morgan fingerprint density at radius 2 is 1.78 bits per heavy atom. The van der Waals surface area contributed by atoms with Crippen LogP contribution in [0.15, 0.2) is 29.6 Å². The molecule has 2 aromatic rings. The van der Waals surface area contributed by atoms with Gasteiger partial charge in [-0.15, -0.1) is 36.2 Å². The second-order valence-corrected chi connectivity index (χ2v) is 6.22. The van der Waals surface area contributed by atoms with E-state index in [0.717, 1.165) is 28.7 Å². The maximum atomic E-state index is 13.0. The minimum Gasteiger partial charge on any atom is -0.314 e. The molecule has 1 aliphatic rings. The van der Waals surface area contributed by atoms with Crippen LogP contribution >= 0.6 is 36.2 Å². The van der Waals surface area contributed by atoms with Crippen molar-refractivity contribution in [2.75, 3.05) is 26.2 Å². The molecular formula is C15H19Cl2F3N2S. The Kier molecular flexibility index (Phi) is 7.61. The molecule has 1 aliphatic heterocycles. The van der Waals surface area contributed by atoms with E-state index in [1.165, 1.54) is 11.3 Å². The maximum Gasteiger partial charge on any atom is 0.390 e. The van der Waals surface area contributed by atoms with E-state index < -0.39 is 18.6 Å². The third-order valence-electron chi connectivity index (χ3n) is 3.89. The van der Waals surface area contributed by atoms with E-state index in [1.54, 1.807) is 0 Å². The number of hydrogen-bond acceptors (Lipinski definition) is 3. The largest absolute Gasteiger partial charge is 0.390 e. The van der Waals surface area contributed by atoms with Crippen LogP contribution in [0.5, 0.6) is 0 Å². The van der Waals surface area contributed by atoms with E-state index in [2.05, 4.69) is 5.32 Å². The summed E-state index contributed by atoms with van der Waals surface area (Å²) in [6, 6.07) is 7.12. The van der Waals surface area contributed by atoms with Crippen LogP contribution in [-0.2, 0) is 0 Å². The number of halogens is 5. The Balaban J connectivity index is 0.00000132. The van der Waals surface area contributed by atoms with Gasteiger partial charge < -0.3 is 5.32 Å². The van der Waals surface area contributed by atoms with Crippen LogP contribution in [-0.4, -0.2) is 37.3 Å². The number of nitrogens with zero attached hydrogens (tertiary/aromatic N) is 1. The molecule has 130 valence electrons. The van der Waals surface area contributed by atoms with Crippen LogP contribution in [0.4, 0.5) is 13.2 Å². The second-order valence-electron chi connectivity index (χ2n) is 5.31. The van der Waals surface area contributed by atoms with Gasteiger partial charge in [-0.25, -0.2) is 0 Å². The number of thiophene rings is 1. The molecule has 0 saturated carbocycles. The molecule has 0 amide bonds. The molecular weight excluding hydrogens is 368 g/mol.